The lowest BCUT2D eigenvalue weighted by Gasteiger charge is -2.18. The summed E-state index contributed by atoms with van der Waals surface area (Å²) >= 11 is 0. The van der Waals surface area contributed by atoms with E-state index in [4.69, 9.17) is 4.74 Å². The summed E-state index contributed by atoms with van der Waals surface area (Å²) < 4.78 is 4.72. The zero-order valence-corrected chi connectivity index (χ0v) is 8.05. The summed E-state index contributed by atoms with van der Waals surface area (Å²) in [6, 6.07) is 0. The third-order valence-corrected chi connectivity index (χ3v) is 2.35. The molecule has 0 fully saturated rings. The summed E-state index contributed by atoms with van der Waals surface area (Å²) in [5, 5.41) is 18.0. The molecule has 0 saturated carbocycles. The van der Waals surface area contributed by atoms with Crippen molar-refractivity contribution < 1.29 is 14.5 Å². The van der Waals surface area contributed by atoms with Crippen molar-refractivity contribution in [2.24, 2.45) is 16.1 Å². The van der Waals surface area contributed by atoms with Crippen molar-refractivity contribution >= 4 is 17.6 Å². The van der Waals surface area contributed by atoms with Crippen LogP contribution in [0.5, 0.6) is 0 Å². The number of nitrogens with zero attached hydrogens (tertiary/aromatic N) is 3. The summed E-state index contributed by atoms with van der Waals surface area (Å²) in [6.07, 6.45) is 0. The standard InChI is InChI=1S/C8H7N3O4/c1-3-5-4(2)9-10-7(5)15-8(12)6(3)11(13)14/h5H,1-2H3. The predicted octanol–water partition coefficient (Wildman–Crippen LogP) is 0.498. The molecule has 15 heavy (non-hydrogen) atoms. The van der Waals surface area contributed by atoms with Gasteiger partial charge in [-0.3, -0.25) is 10.1 Å². The Morgan fingerprint density at radius 2 is 2.07 bits per heavy atom. The van der Waals surface area contributed by atoms with Gasteiger partial charge in [0, 0.05) is 5.57 Å². The van der Waals surface area contributed by atoms with Crippen molar-refractivity contribution in [1.82, 2.24) is 0 Å². The van der Waals surface area contributed by atoms with E-state index in [-0.39, 0.29) is 5.90 Å². The van der Waals surface area contributed by atoms with E-state index in [9.17, 15) is 14.9 Å². The molecular formula is C8H7N3O4. The molecule has 0 N–H and O–H groups in total. The Bertz CT molecular complexity index is 461. The summed E-state index contributed by atoms with van der Waals surface area (Å²) in [5.41, 5.74) is 0.401. The molecule has 0 spiro atoms. The van der Waals surface area contributed by atoms with Gasteiger partial charge in [0.25, 0.3) is 0 Å². The van der Waals surface area contributed by atoms with Crippen LogP contribution in [-0.2, 0) is 9.53 Å². The van der Waals surface area contributed by atoms with E-state index in [0.717, 1.165) is 0 Å². The smallest absolute Gasteiger partial charge is 0.401 e. The van der Waals surface area contributed by atoms with Crippen LogP contribution in [0, 0.1) is 16.0 Å². The number of carbonyl (C=O) groups is 1. The average Bonchev–Trinajstić information content (AvgIpc) is 2.46. The second kappa shape index (κ2) is 2.97. The minimum atomic E-state index is -0.975. The number of esters is 1. The molecule has 1 atom stereocenters. The molecule has 2 heterocycles. The largest absolute Gasteiger partial charge is 0.416 e. The first-order valence-electron chi connectivity index (χ1n) is 4.21. The van der Waals surface area contributed by atoms with Crippen molar-refractivity contribution in [1.29, 1.82) is 0 Å². The fourth-order valence-corrected chi connectivity index (χ4v) is 1.66. The number of nitro groups is 1. The second-order valence-corrected chi connectivity index (χ2v) is 3.29. The summed E-state index contributed by atoms with van der Waals surface area (Å²) in [4.78, 5) is 21.1. The van der Waals surface area contributed by atoms with Crippen LogP contribution < -0.4 is 0 Å². The molecule has 0 radical (unpaired) electrons. The Kier molecular flexibility index (Phi) is 1.88. The van der Waals surface area contributed by atoms with Crippen molar-refractivity contribution in [3.05, 3.63) is 21.4 Å². The molecule has 2 aliphatic heterocycles. The van der Waals surface area contributed by atoms with Crippen LogP contribution in [0.15, 0.2) is 21.5 Å². The predicted molar refractivity (Wildman–Crippen MR) is 49.8 cm³/mol. The van der Waals surface area contributed by atoms with Crippen LogP contribution in [0.2, 0.25) is 0 Å². The number of carbonyl (C=O) groups excluding carboxylic acids is 1. The molecule has 0 aromatic carbocycles. The fourth-order valence-electron chi connectivity index (χ4n) is 1.66. The number of ether oxygens (including phenoxy) is 1. The van der Waals surface area contributed by atoms with Gasteiger partial charge in [-0.2, -0.15) is 5.10 Å². The minimum Gasteiger partial charge on any atom is -0.401 e. The maximum Gasteiger partial charge on any atom is 0.416 e. The van der Waals surface area contributed by atoms with E-state index >= 15 is 0 Å². The topological polar surface area (TPSA) is 94.2 Å². The van der Waals surface area contributed by atoms with Crippen LogP contribution in [0.3, 0.4) is 0 Å². The zero-order valence-electron chi connectivity index (χ0n) is 8.05. The highest BCUT2D eigenvalue weighted by atomic mass is 16.6. The van der Waals surface area contributed by atoms with Gasteiger partial charge in [0.2, 0.25) is 5.90 Å². The van der Waals surface area contributed by atoms with Gasteiger partial charge in [-0.25, -0.2) is 4.79 Å². The first-order chi connectivity index (χ1) is 7.02. The van der Waals surface area contributed by atoms with Crippen LogP contribution in [-0.4, -0.2) is 22.5 Å². The Morgan fingerprint density at radius 1 is 1.40 bits per heavy atom. The second-order valence-electron chi connectivity index (χ2n) is 3.29. The third kappa shape index (κ3) is 1.24. The molecule has 0 amide bonds. The molecule has 7 nitrogen and oxygen atoms in total. The average molecular weight is 209 g/mol. The Morgan fingerprint density at radius 3 is 2.67 bits per heavy atom. The first kappa shape index (κ1) is 9.50. The van der Waals surface area contributed by atoms with E-state index in [1.165, 1.54) is 6.92 Å². The van der Waals surface area contributed by atoms with Gasteiger partial charge in [-0.05, 0) is 13.8 Å². The van der Waals surface area contributed by atoms with Gasteiger partial charge < -0.3 is 4.74 Å². The molecule has 0 aromatic heterocycles. The molecule has 2 aliphatic rings. The highest BCUT2D eigenvalue weighted by Gasteiger charge is 2.43. The summed E-state index contributed by atoms with van der Waals surface area (Å²) in [6.45, 7) is 3.20. The lowest BCUT2D eigenvalue weighted by atomic mass is 9.93. The first-order valence-corrected chi connectivity index (χ1v) is 4.21. The summed E-state index contributed by atoms with van der Waals surface area (Å²) in [7, 11) is 0. The quantitative estimate of drug-likeness (QED) is 0.357. The van der Waals surface area contributed by atoms with Gasteiger partial charge in [-0.15, -0.1) is 5.10 Å². The molecule has 2 rings (SSSR count). The van der Waals surface area contributed by atoms with E-state index in [2.05, 4.69) is 10.2 Å². The zero-order chi connectivity index (χ0) is 11.2. The third-order valence-electron chi connectivity index (χ3n) is 2.35. The van der Waals surface area contributed by atoms with Gasteiger partial charge in [-0.1, -0.05) is 0 Å². The lowest BCUT2D eigenvalue weighted by Crippen LogP contribution is -2.34. The van der Waals surface area contributed by atoms with Crippen molar-refractivity contribution in [2.45, 2.75) is 13.8 Å². The maximum absolute atomic E-state index is 11.2. The number of hydrogen-bond donors (Lipinski definition) is 0. The molecule has 78 valence electrons. The number of hydrogen-bond acceptors (Lipinski definition) is 6. The Labute approximate surface area is 84.3 Å². The van der Waals surface area contributed by atoms with Crippen LogP contribution in [0.4, 0.5) is 0 Å². The molecule has 0 saturated heterocycles. The lowest BCUT2D eigenvalue weighted by molar-refractivity contribution is -0.422. The highest BCUT2D eigenvalue weighted by molar-refractivity contribution is 6.15. The minimum absolute atomic E-state index is 0.126. The molecule has 0 bridgehead atoms. The Hall–Kier alpha value is -2.05. The van der Waals surface area contributed by atoms with E-state index in [1.807, 2.05) is 0 Å². The fraction of sp³-hybridized carbons (Fsp3) is 0.375. The van der Waals surface area contributed by atoms with E-state index < -0.39 is 22.5 Å². The highest BCUT2D eigenvalue weighted by Crippen LogP contribution is 2.29. The van der Waals surface area contributed by atoms with Crippen LogP contribution in [0.25, 0.3) is 0 Å². The summed E-state index contributed by atoms with van der Waals surface area (Å²) in [5.74, 6) is -1.30. The normalized spacial score (nSPS) is 24.4. The van der Waals surface area contributed by atoms with E-state index in [1.54, 1.807) is 6.92 Å². The van der Waals surface area contributed by atoms with Crippen molar-refractivity contribution in [3.63, 3.8) is 0 Å². The van der Waals surface area contributed by atoms with Gasteiger partial charge in [0.05, 0.1) is 10.6 Å². The number of fused-ring (bicyclic) bond motifs is 1. The Balaban J connectivity index is 2.55. The molecule has 0 aliphatic carbocycles. The van der Waals surface area contributed by atoms with Crippen molar-refractivity contribution in [2.75, 3.05) is 0 Å². The molecule has 0 aromatic rings. The van der Waals surface area contributed by atoms with Crippen LogP contribution >= 0.6 is 0 Å². The number of rotatable bonds is 1. The van der Waals surface area contributed by atoms with Gasteiger partial charge >= 0.3 is 11.7 Å². The molecular weight excluding hydrogens is 202 g/mol. The monoisotopic (exact) mass is 209 g/mol. The van der Waals surface area contributed by atoms with E-state index in [0.29, 0.717) is 11.3 Å². The van der Waals surface area contributed by atoms with Crippen molar-refractivity contribution in [3.8, 4) is 0 Å². The maximum atomic E-state index is 11.2. The SMILES string of the molecule is CC1=NN=C2OC(=O)C([N+](=O)[O-])=C(C)C12. The van der Waals surface area contributed by atoms with Crippen LogP contribution in [0.1, 0.15) is 13.8 Å². The molecule has 7 heteroatoms. The van der Waals surface area contributed by atoms with Gasteiger partial charge in [0.1, 0.15) is 5.92 Å². The molecule has 1 unspecified atom stereocenters. The van der Waals surface area contributed by atoms with Gasteiger partial charge in [0.15, 0.2) is 0 Å².